The number of anilines is 2. The number of likely N-dealkylation sites (tertiary alicyclic amines) is 2. The molecule has 1 atom stereocenters. The number of rotatable bonds is 5. The molecule has 3 aliphatic heterocycles. The van der Waals surface area contributed by atoms with Crippen LogP contribution in [-0.2, 0) is 16.0 Å². The minimum Gasteiger partial charge on any atom is -0.383 e. The van der Waals surface area contributed by atoms with Gasteiger partial charge >= 0.3 is 0 Å². The smallest absolute Gasteiger partial charge is 0.257 e. The maximum Gasteiger partial charge on any atom is 0.257 e. The molecule has 37 heavy (non-hydrogen) atoms. The highest BCUT2D eigenvalue weighted by molar-refractivity contribution is 6.11. The number of aliphatic imine (C=N–C) groups is 1. The Labute approximate surface area is 217 Å². The zero-order valence-electron chi connectivity index (χ0n) is 21.0. The van der Waals surface area contributed by atoms with Crippen molar-refractivity contribution in [2.24, 2.45) is 4.99 Å². The Hall–Kier alpha value is -3.88. The van der Waals surface area contributed by atoms with Crippen molar-refractivity contribution in [2.45, 2.75) is 44.6 Å². The Bertz CT molecular complexity index is 1180. The summed E-state index contributed by atoms with van der Waals surface area (Å²) in [6.07, 6.45) is 5.15. The number of nitrogens with one attached hydrogen (secondary N) is 3. The summed E-state index contributed by atoms with van der Waals surface area (Å²) in [7, 11) is 0. The van der Waals surface area contributed by atoms with E-state index in [1.54, 1.807) is 29.2 Å². The van der Waals surface area contributed by atoms with Gasteiger partial charge in [0, 0.05) is 31.7 Å². The maximum atomic E-state index is 13.5. The number of benzene rings is 2. The first-order valence-electron chi connectivity index (χ1n) is 13.2. The Kier molecular flexibility index (Phi) is 7.67. The predicted octanol–water partition coefficient (Wildman–Crippen LogP) is 2.86. The SMILES string of the molecule is O=C(NC(=NC1CCCCN(CC(=O)N2CCCC2)C1=O)Nc1cccc2c1NCC2)c1ccccc1. The summed E-state index contributed by atoms with van der Waals surface area (Å²) in [4.78, 5) is 47.6. The lowest BCUT2D eigenvalue weighted by molar-refractivity contribution is -0.140. The standard InChI is InChI=1S/C28H34N6O3/c35-24(33-16-6-7-17-33)19-34-18-5-4-12-23(27(34)37)31-28(32-26(36)21-9-2-1-3-10-21)30-22-13-8-11-20-14-15-29-25(20)22/h1-3,8-11,13,23,29H,4-7,12,14-19H2,(H2,30,31,32,36). The van der Waals surface area contributed by atoms with Gasteiger partial charge in [-0.2, -0.15) is 0 Å². The largest absolute Gasteiger partial charge is 0.383 e. The van der Waals surface area contributed by atoms with Crippen LogP contribution in [0.25, 0.3) is 0 Å². The lowest BCUT2D eigenvalue weighted by Gasteiger charge is -2.25. The highest BCUT2D eigenvalue weighted by Crippen LogP contribution is 2.30. The van der Waals surface area contributed by atoms with Crippen molar-refractivity contribution in [3.63, 3.8) is 0 Å². The van der Waals surface area contributed by atoms with Gasteiger partial charge in [-0.25, -0.2) is 4.99 Å². The van der Waals surface area contributed by atoms with E-state index in [0.29, 0.717) is 18.5 Å². The number of para-hydroxylation sites is 1. The number of hydrogen-bond donors (Lipinski definition) is 3. The fourth-order valence-electron chi connectivity index (χ4n) is 5.18. The summed E-state index contributed by atoms with van der Waals surface area (Å²) < 4.78 is 0. The van der Waals surface area contributed by atoms with Crippen LogP contribution < -0.4 is 16.0 Å². The van der Waals surface area contributed by atoms with Crippen molar-refractivity contribution in [3.8, 4) is 0 Å². The van der Waals surface area contributed by atoms with E-state index < -0.39 is 6.04 Å². The van der Waals surface area contributed by atoms with Crippen molar-refractivity contribution in [2.75, 3.05) is 43.4 Å². The van der Waals surface area contributed by atoms with Crippen LogP contribution >= 0.6 is 0 Å². The fourth-order valence-corrected chi connectivity index (χ4v) is 5.18. The molecule has 9 heteroatoms. The predicted molar refractivity (Wildman–Crippen MR) is 144 cm³/mol. The van der Waals surface area contributed by atoms with Crippen molar-refractivity contribution in [1.82, 2.24) is 15.1 Å². The normalized spacial score (nSPS) is 19.7. The van der Waals surface area contributed by atoms with Crippen LogP contribution in [0.2, 0.25) is 0 Å². The Morgan fingerprint density at radius 2 is 1.76 bits per heavy atom. The molecule has 2 saturated heterocycles. The third-order valence-corrected chi connectivity index (χ3v) is 7.19. The molecular formula is C28H34N6O3. The molecule has 0 aromatic heterocycles. The van der Waals surface area contributed by atoms with E-state index in [0.717, 1.165) is 63.1 Å². The first-order valence-corrected chi connectivity index (χ1v) is 13.2. The van der Waals surface area contributed by atoms with Gasteiger partial charge < -0.3 is 20.4 Å². The number of nitrogens with zero attached hydrogens (tertiary/aromatic N) is 3. The Morgan fingerprint density at radius 3 is 2.57 bits per heavy atom. The van der Waals surface area contributed by atoms with Crippen molar-refractivity contribution in [1.29, 1.82) is 0 Å². The minimum absolute atomic E-state index is 0.00266. The Balaban J connectivity index is 1.39. The number of carbonyl (C=O) groups excluding carboxylic acids is 3. The number of amides is 3. The van der Waals surface area contributed by atoms with Crippen molar-refractivity contribution >= 4 is 35.1 Å². The van der Waals surface area contributed by atoms with E-state index >= 15 is 0 Å². The molecule has 0 saturated carbocycles. The van der Waals surface area contributed by atoms with Crippen LogP contribution in [-0.4, -0.2) is 72.2 Å². The van der Waals surface area contributed by atoms with E-state index in [9.17, 15) is 14.4 Å². The van der Waals surface area contributed by atoms with Crippen LogP contribution in [0.4, 0.5) is 11.4 Å². The molecule has 3 aliphatic rings. The summed E-state index contributed by atoms with van der Waals surface area (Å²) in [6, 6.07) is 14.2. The van der Waals surface area contributed by atoms with Gasteiger partial charge in [-0.3, -0.25) is 19.7 Å². The molecule has 0 bridgehead atoms. The fraction of sp³-hybridized carbons (Fsp3) is 0.429. The second-order valence-corrected chi connectivity index (χ2v) is 9.80. The average molecular weight is 503 g/mol. The third-order valence-electron chi connectivity index (χ3n) is 7.19. The van der Waals surface area contributed by atoms with E-state index in [-0.39, 0.29) is 30.2 Å². The Morgan fingerprint density at radius 1 is 0.973 bits per heavy atom. The summed E-state index contributed by atoms with van der Waals surface area (Å²) in [6.45, 7) is 2.99. The van der Waals surface area contributed by atoms with Crippen molar-refractivity contribution < 1.29 is 14.4 Å². The van der Waals surface area contributed by atoms with E-state index in [1.165, 1.54) is 5.56 Å². The number of guanidine groups is 1. The lowest BCUT2D eigenvalue weighted by atomic mass is 10.1. The van der Waals surface area contributed by atoms with Gasteiger partial charge in [0.25, 0.3) is 5.91 Å². The number of fused-ring (bicyclic) bond motifs is 1. The zero-order chi connectivity index (χ0) is 25.6. The van der Waals surface area contributed by atoms with Gasteiger partial charge in [0.15, 0.2) is 0 Å². The zero-order valence-corrected chi connectivity index (χ0v) is 21.0. The van der Waals surface area contributed by atoms with Gasteiger partial charge in [0.2, 0.25) is 17.8 Å². The monoisotopic (exact) mass is 502 g/mol. The van der Waals surface area contributed by atoms with Crippen LogP contribution in [0.1, 0.15) is 48.0 Å². The molecule has 0 spiro atoms. The highest BCUT2D eigenvalue weighted by atomic mass is 16.2. The van der Waals surface area contributed by atoms with Gasteiger partial charge in [-0.15, -0.1) is 0 Å². The van der Waals surface area contributed by atoms with Gasteiger partial charge in [0.05, 0.1) is 17.9 Å². The van der Waals surface area contributed by atoms with Crippen molar-refractivity contribution in [3.05, 3.63) is 59.7 Å². The lowest BCUT2D eigenvalue weighted by Crippen LogP contribution is -2.45. The number of hydrogen-bond acceptors (Lipinski definition) is 5. The first kappa shape index (κ1) is 24.8. The average Bonchev–Trinajstić information content (AvgIpc) is 3.60. The molecular weight excluding hydrogens is 468 g/mol. The highest BCUT2D eigenvalue weighted by Gasteiger charge is 2.30. The van der Waals surface area contributed by atoms with E-state index in [2.05, 4.69) is 22.0 Å². The summed E-state index contributed by atoms with van der Waals surface area (Å²) in [5.74, 6) is -0.261. The van der Waals surface area contributed by atoms with Gasteiger partial charge in [0.1, 0.15) is 6.04 Å². The van der Waals surface area contributed by atoms with Crippen LogP contribution in [0.15, 0.2) is 53.5 Å². The molecule has 194 valence electrons. The minimum atomic E-state index is -0.683. The van der Waals surface area contributed by atoms with E-state index in [1.807, 2.05) is 23.1 Å². The quantitative estimate of drug-likeness (QED) is 0.431. The van der Waals surface area contributed by atoms with Crippen LogP contribution in [0.3, 0.4) is 0 Å². The third kappa shape index (κ3) is 5.93. The number of carbonyl (C=O) groups is 3. The van der Waals surface area contributed by atoms with Crippen LogP contribution in [0.5, 0.6) is 0 Å². The first-order chi connectivity index (χ1) is 18.1. The molecule has 0 radical (unpaired) electrons. The molecule has 1 unspecified atom stereocenters. The molecule has 2 fully saturated rings. The molecule has 2 aromatic rings. The summed E-state index contributed by atoms with van der Waals surface area (Å²) >= 11 is 0. The van der Waals surface area contributed by atoms with Crippen LogP contribution in [0, 0.1) is 0 Å². The van der Waals surface area contributed by atoms with Gasteiger partial charge in [-0.05, 0) is 62.3 Å². The van der Waals surface area contributed by atoms with Gasteiger partial charge in [-0.1, -0.05) is 30.3 Å². The molecule has 3 amide bonds. The second kappa shape index (κ2) is 11.5. The molecule has 3 N–H and O–H groups in total. The topological polar surface area (TPSA) is 106 Å². The second-order valence-electron chi connectivity index (χ2n) is 9.80. The summed E-state index contributed by atoms with van der Waals surface area (Å²) in [5, 5.41) is 9.56. The molecule has 2 aromatic carbocycles. The molecule has 5 rings (SSSR count). The maximum absolute atomic E-state index is 13.5. The summed E-state index contributed by atoms with van der Waals surface area (Å²) in [5.41, 5.74) is 3.47. The molecule has 3 heterocycles. The molecule has 0 aliphatic carbocycles. The molecule has 9 nitrogen and oxygen atoms in total. The van der Waals surface area contributed by atoms with E-state index in [4.69, 9.17) is 4.99 Å².